The van der Waals surface area contributed by atoms with Gasteiger partial charge in [0.05, 0.1) is 11.5 Å². The summed E-state index contributed by atoms with van der Waals surface area (Å²) in [5.41, 5.74) is 0.626. The summed E-state index contributed by atoms with van der Waals surface area (Å²) in [5.74, 6) is 0.963. The first kappa shape index (κ1) is 17.1. The van der Waals surface area contributed by atoms with E-state index in [1.54, 1.807) is 12.1 Å². The van der Waals surface area contributed by atoms with E-state index in [0.29, 0.717) is 29.9 Å². The Balaban J connectivity index is 1.41. The number of hydrogen-bond donors (Lipinski definition) is 0. The van der Waals surface area contributed by atoms with Gasteiger partial charge >= 0.3 is 0 Å². The number of aromatic nitrogens is 2. The van der Waals surface area contributed by atoms with Crippen molar-refractivity contribution >= 4 is 5.69 Å². The first-order valence-electron chi connectivity index (χ1n) is 9.23. The number of hydrogen-bond acceptors (Lipinski definition) is 7. The van der Waals surface area contributed by atoms with E-state index in [2.05, 4.69) is 19.9 Å². The fraction of sp³-hybridized carbons (Fsp3) is 0.556. The second-order valence-corrected chi connectivity index (χ2v) is 7.09. The van der Waals surface area contributed by atoms with E-state index in [4.69, 9.17) is 4.52 Å². The molecule has 1 aromatic heterocycles. The molecule has 138 valence electrons. The topological polar surface area (TPSA) is 88.5 Å². The molecule has 0 saturated carbocycles. The molecule has 4 rings (SSSR count). The van der Waals surface area contributed by atoms with E-state index in [0.717, 1.165) is 13.1 Å². The van der Waals surface area contributed by atoms with Crippen LogP contribution in [0.15, 0.2) is 28.8 Å². The van der Waals surface area contributed by atoms with Crippen molar-refractivity contribution in [3.8, 4) is 11.4 Å². The zero-order valence-electron chi connectivity index (χ0n) is 14.7. The van der Waals surface area contributed by atoms with E-state index in [9.17, 15) is 10.1 Å². The number of nitro benzene ring substituents is 1. The third-order valence-electron chi connectivity index (χ3n) is 5.28. The zero-order valence-corrected chi connectivity index (χ0v) is 14.7. The lowest BCUT2D eigenvalue weighted by Gasteiger charge is -2.36. The largest absolute Gasteiger partial charge is 0.338 e. The molecule has 0 N–H and O–H groups in total. The Morgan fingerprint density at radius 1 is 1.23 bits per heavy atom. The average molecular weight is 357 g/mol. The molecular weight excluding hydrogens is 334 g/mol. The fourth-order valence-electron chi connectivity index (χ4n) is 3.97. The van der Waals surface area contributed by atoms with Gasteiger partial charge in [-0.1, -0.05) is 17.3 Å². The van der Waals surface area contributed by atoms with Gasteiger partial charge in [0.25, 0.3) is 5.69 Å². The molecule has 2 aliphatic heterocycles. The minimum Gasteiger partial charge on any atom is -0.338 e. The van der Waals surface area contributed by atoms with Gasteiger partial charge in [0.1, 0.15) is 0 Å². The lowest BCUT2D eigenvalue weighted by atomic mass is 10.0. The Bertz CT molecular complexity index is 772. The molecule has 0 spiro atoms. The molecule has 2 aromatic rings. The molecule has 2 aliphatic rings. The lowest BCUT2D eigenvalue weighted by molar-refractivity contribution is -0.384. The second-order valence-electron chi connectivity index (χ2n) is 7.09. The second kappa shape index (κ2) is 7.51. The maximum Gasteiger partial charge on any atom is 0.270 e. The summed E-state index contributed by atoms with van der Waals surface area (Å²) in [6.07, 6.45) is 5.08. The van der Waals surface area contributed by atoms with E-state index in [-0.39, 0.29) is 5.69 Å². The van der Waals surface area contributed by atoms with Crippen LogP contribution in [0.3, 0.4) is 0 Å². The van der Waals surface area contributed by atoms with Crippen molar-refractivity contribution in [2.75, 3.05) is 26.2 Å². The monoisotopic (exact) mass is 357 g/mol. The van der Waals surface area contributed by atoms with Crippen LogP contribution >= 0.6 is 0 Å². The highest BCUT2D eigenvalue weighted by molar-refractivity contribution is 5.58. The zero-order chi connectivity index (χ0) is 17.9. The molecule has 8 nitrogen and oxygen atoms in total. The van der Waals surface area contributed by atoms with E-state index < -0.39 is 4.92 Å². The first-order chi connectivity index (χ1) is 12.7. The molecule has 26 heavy (non-hydrogen) atoms. The van der Waals surface area contributed by atoms with Crippen LogP contribution < -0.4 is 0 Å². The van der Waals surface area contributed by atoms with E-state index >= 15 is 0 Å². The van der Waals surface area contributed by atoms with Crippen molar-refractivity contribution in [3.05, 3.63) is 40.3 Å². The van der Waals surface area contributed by atoms with Crippen LogP contribution in [0.4, 0.5) is 5.69 Å². The molecule has 2 saturated heterocycles. The maximum atomic E-state index is 10.9. The van der Waals surface area contributed by atoms with Crippen LogP contribution in [0.1, 0.15) is 31.6 Å². The highest BCUT2D eigenvalue weighted by Crippen LogP contribution is 2.24. The fourth-order valence-corrected chi connectivity index (χ4v) is 3.97. The van der Waals surface area contributed by atoms with Gasteiger partial charge in [0.15, 0.2) is 0 Å². The van der Waals surface area contributed by atoms with E-state index in [1.165, 1.54) is 50.9 Å². The van der Waals surface area contributed by atoms with Crippen LogP contribution in [0.2, 0.25) is 0 Å². The normalized spacial score (nSPS) is 21.9. The summed E-state index contributed by atoms with van der Waals surface area (Å²) in [5, 5.41) is 14.9. The third-order valence-corrected chi connectivity index (χ3v) is 5.28. The molecule has 0 amide bonds. The van der Waals surface area contributed by atoms with Gasteiger partial charge in [0, 0.05) is 30.3 Å². The van der Waals surface area contributed by atoms with Crippen molar-refractivity contribution in [3.63, 3.8) is 0 Å². The summed E-state index contributed by atoms with van der Waals surface area (Å²) in [6, 6.07) is 6.95. The predicted octanol–water partition coefficient (Wildman–Crippen LogP) is 2.71. The van der Waals surface area contributed by atoms with Gasteiger partial charge in [-0.3, -0.25) is 19.9 Å². The Morgan fingerprint density at radius 2 is 2.08 bits per heavy atom. The lowest BCUT2D eigenvalue weighted by Crippen LogP contribution is -2.46. The Morgan fingerprint density at radius 3 is 2.88 bits per heavy atom. The standard InChI is InChI=1S/C18H23N5O3/c24-23(25)15-6-3-5-14(11-15)18-19-17(26-20-18)13-21-8-4-7-16(12-21)22-9-1-2-10-22/h3,5-6,11,16H,1-2,4,7-10,12-13H2/t16-/m1/s1. The van der Waals surface area contributed by atoms with Gasteiger partial charge < -0.3 is 4.52 Å². The van der Waals surface area contributed by atoms with Gasteiger partial charge in [-0.2, -0.15) is 4.98 Å². The van der Waals surface area contributed by atoms with Crippen molar-refractivity contribution in [1.29, 1.82) is 0 Å². The minimum absolute atomic E-state index is 0.0262. The quantitative estimate of drug-likeness (QED) is 0.600. The molecular formula is C18H23N5O3. The van der Waals surface area contributed by atoms with Crippen LogP contribution in [-0.2, 0) is 6.54 Å². The van der Waals surface area contributed by atoms with Crippen LogP contribution in [0.25, 0.3) is 11.4 Å². The van der Waals surface area contributed by atoms with Gasteiger partial charge in [0.2, 0.25) is 11.7 Å². The van der Waals surface area contributed by atoms with Gasteiger partial charge in [-0.15, -0.1) is 0 Å². The molecule has 8 heteroatoms. The molecule has 3 heterocycles. The summed E-state index contributed by atoms with van der Waals surface area (Å²) < 4.78 is 5.40. The van der Waals surface area contributed by atoms with Crippen LogP contribution in [0, 0.1) is 10.1 Å². The number of nitrogens with zero attached hydrogens (tertiary/aromatic N) is 5. The van der Waals surface area contributed by atoms with Crippen molar-refractivity contribution in [2.45, 2.75) is 38.3 Å². The summed E-state index contributed by atoms with van der Waals surface area (Å²) in [4.78, 5) is 19.9. The van der Waals surface area contributed by atoms with Crippen molar-refractivity contribution in [2.24, 2.45) is 0 Å². The van der Waals surface area contributed by atoms with Crippen molar-refractivity contribution in [1.82, 2.24) is 19.9 Å². The third kappa shape index (κ3) is 3.76. The smallest absolute Gasteiger partial charge is 0.270 e. The maximum absolute atomic E-state index is 10.9. The van der Waals surface area contributed by atoms with Crippen LogP contribution in [-0.4, -0.2) is 57.1 Å². The predicted molar refractivity (Wildman–Crippen MR) is 95.5 cm³/mol. The molecule has 1 aromatic carbocycles. The number of nitro groups is 1. The number of non-ortho nitro benzene ring substituents is 1. The summed E-state index contributed by atoms with van der Waals surface area (Å²) in [6.45, 7) is 5.14. The Labute approximate surface area is 151 Å². The summed E-state index contributed by atoms with van der Waals surface area (Å²) >= 11 is 0. The molecule has 1 atom stereocenters. The minimum atomic E-state index is -0.420. The van der Waals surface area contributed by atoms with E-state index in [1.807, 2.05) is 0 Å². The molecule has 0 radical (unpaired) electrons. The van der Waals surface area contributed by atoms with Gasteiger partial charge in [-0.25, -0.2) is 0 Å². The van der Waals surface area contributed by atoms with Gasteiger partial charge in [-0.05, 0) is 45.3 Å². The molecule has 0 unspecified atom stereocenters. The number of piperidine rings is 1. The summed E-state index contributed by atoms with van der Waals surface area (Å²) in [7, 11) is 0. The number of likely N-dealkylation sites (tertiary alicyclic amines) is 2. The van der Waals surface area contributed by atoms with Crippen LogP contribution in [0.5, 0.6) is 0 Å². The number of benzene rings is 1. The Kier molecular flexibility index (Phi) is 4.94. The SMILES string of the molecule is O=[N+]([O-])c1cccc(-c2noc(CN3CCC[C@@H](N4CCCC4)C3)n2)c1. The molecule has 0 bridgehead atoms. The Hall–Kier alpha value is -2.32. The molecule has 2 fully saturated rings. The average Bonchev–Trinajstić information content (AvgIpc) is 3.34. The van der Waals surface area contributed by atoms with Crippen molar-refractivity contribution < 1.29 is 9.45 Å². The number of rotatable bonds is 5. The first-order valence-corrected chi connectivity index (χ1v) is 9.23. The highest BCUT2D eigenvalue weighted by Gasteiger charge is 2.28. The molecule has 0 aliphatic carbocycles. The highest BCUT2D eigenvalue weighted by atomic mass is 16.6.